The summed E-state index contributed by atoms with van der Waals surface area (Å²) in [7, 11) is 0. The van der Waals surface area contributed by atoms with Crippen LogP contribution in [0.4, 0.5) is 0 Å². The van der Waals surface area contributed by atoms with E-state index in [-0.39, 0.29) is 0 Å². The molecular weight excluding hydrogens is 256 g/mol. The zero-order valence-electron chi connectivity index (χ0n) is 13.2. The van der Waals surface area contributed by atoms with Gasteiger partial charge in [-0.1, -0.05) is 62.4 Å². The Balaban J connectivity index is 1.55. The monoisotopic (exact) mass is 286 g/mol. The first-order valence-electron chi connectivity index (χ1n) is 8.86. The van der Waals surface area contributed by atoms with E-state index < -0.39 is 0 Å². The number of benzene rings is 1. The molecule has 1 saturated heterocycles. The molecule has 0 spiro atoms. The maximum absolute atomic E-state index is 6.11. The van der Waals surface area contributed by atoms with Crippen molar-refractivity contribution in [1.29, 1.82) is 0 Å². The van der Waals surface area contributed by atoms with Crippen LogP contribution in [-0.4, -0.2) is 30.6 Å². The average molecular weight is 286 g/mol. The van der Waals surface area contributed by atoms with E-state index in [1.807, 2.05) is 0 Å². The highest BCUT2D eigenvalue weighted by Crippen LogP contribution is 2.32. The Bertz CT molecular complexity index is 411. The summed E-state index contributed by atoms with van der Waals surface area (Å²) in [4.78, 5) is 2.67. The molecule has 1 aromatic rings. The van der Waals surface area contributed by atoms with Gasteiger partial charge < -0.3 is 5.73 Å². The molecule has 0 radical (unpaired) electrons. The second-order valence-electron chi connectivity index (χ2n) is 7.02. The summed E-state index contributed by atoms with van der Waals surface area (Å²) in [6.07, 6.45) is 9.83. The van der Waals surface area contributed by atoms with Crippen molar-refractivity contribution >= 4 is 0 Å². The lowest BCUT2D eigenvalue weighted by Crippen LogP contribution is -2.40. The fraction of sp³-hybridized carbons (Fsp3) is 0.684. The molecule has 1 heterocycles. The summed E-state index contributed by atoms with van der Waals surface area (Å²) in [6.45, 7) is 3.27. The lowest BCUT2D eigenvalue weighted by atomic mass is 9.84. The van der Waals surface area contributed by atoms with E-state index in [9.17, 15) is 0 Å². The number of nitrogens with zero attached hydrogens (tertiary/aromatic N) is 1. The van der Waals surface area contributed by atoms with Crippen molar-refractivity contribution < 1.29 is 0 Å². The van der Waals surface area contributed by atoms with Crippen molar-refractivity contribution in [3.8, 4) is 0 Å². The fourth-order valence-electron chi connectivity index (χ4n) is 4.32. The molecule has 2 heteroatoms. The first-order chi connectivity index (χ1) is 10.4. The molecule has 3 rings (SSSR count). The lowest BCUT2D eigenvalue weighted by Gasteiger charge is -2.32. The zero-order valence-corrected chi connectivity index (χ0v) is 13.2. The smallest absolute Gasteiger partial charge is 0.0221 e. The van der Waals surface area contributed by atoms with Crippen LogP contribution in [-0.2, 0) is 0 Å². The molecule has 1 aromatic carbocycles. The minimum Gasteiger partial charge on any atom is -0.329 e. The predicted molar refractivity (Wildman–Crippen MR) is 89.4 cm³/mol. The van der Waals surface area contributed by atoms with Crippen LogP contribution in [0.3, 0.4) is 0 Å². The van der Waals surface area contributed by atoms with Crippen molar-refractivity contribution in [2.45, 2.75) is 56.9 Å². The van der Waals surface area contributed by atoms with Crippen LogP contribution in [0.15, 0.2) is 30.3 Å². The normalized spacial score (nSPS) is 26.0. The Kier molecular flexibility index (Phi) is 5.32. The Labute approximate surface area is 129 Å². The van der Waals surface area contributed by atoms with Crippen molar-refractivity contribution in [2.75, 3.05) is 19.6 Å². The van der Waals surface area contributed by atoms with Gasteiger partial charge in [0.25, 0.3) is 0 Å². The van der Waals surface area contributed by atoms with Gasteiger partial charge in [0.2, 0.25) is 0 Å². The Morgan fingerprint density at radius 1 is 1.05 bits per heavy atom. The zero-order chi connectivity index (χ0) is 14.5. The summed E-state index contributed by atoms with van der Waals surface area (Å²) in [5, 5.41) is 0. The Morgan fingerprint density at radius 2 is 1.81 bits per heavy atom. The van der Waals surface area contributed by atoms with Crippen molar-refractivity contribution in [2.24, 2.45) is 11.7 Å². The maximum Gasteiger partial charge on any atom is 0.0221 e. The van der Waals surface area contributed by atoms with Gasteiger partial charge in [-0.25, -0.2) is 0 Å². The summed E-state index contributed by atoms with van der Waals surface area (Å²) >= 11 is 0. The molecule has 1 saturated carbocycles. The highest BCUT2D eigenvalue weighted by atomic mass is 15.2. The van der Waals surface area contributed by atoms with E-state index >= 15 is 0 Å². The standard InChI is InChI=1S/C19H30N2/c20-14-19(13-16-7-3-1-4-8-16)21-12-11-18(15-21)17-9-5-2-6-10-17/h2,5-6,9-10,16,18-19H,1,3-4,7-8,11-15,20H2. The van der Waals surface area contributed by atoms with Gasteiger partial charge in [0.15, 0.2) is 0 Å². The minimum atomic E-state index is 0.613. The largest absolute Gasteiger partial charge is 0.329 e. The number of rotatable bonds is 5. The van der Waals surface area contributed by atoms with Gasteiger partial charge in [-0.05, 0) is 36.8 Å². The molecule has 21 heavy (non-hydrogen) atoms. The fourth-order valence-corrected chi connectivity index (χ4v) is 4.32. The second kappa shape index (κ2) is 7.42. The van der Waals surface area contributed by atoms with Gasteiger partial charge in [0.1, 0.15) is 0 Å². The SMILES string of the molecule is NCC(CC1CCCCC1)N1CCC(c2ccccc2)C1. The van der Waals surface area contributed by atoms with Gasteiger partial charge >= 0.3 is 0 Å². The number of hydrogen-bond donors (Lipinski definition) is 1. The number of nitrogens with two attached hydrogens (primary N) is 1. The predicted octanol–water partition coefficient (Wildman–Crippen LogP) is 3.77. The molecule has 116 valence electrons. The van der Waals surface area contributed by atoms with E-state index in [4.69, 9.17) is 5.73 Å². The van der Waals surface area contributed by atoms with Crippen LogP contribution in [0.1, 0.15) is 56.4 Å². The second-order valence-corrected chi connectivity index (χ2v) is 7.02. The lowest BCUT2D eigenvalue weighted by molar-refractivity contribution is 0.189. The first-order valence-corrected chi connectivity index (χ1v) is 8.86. The van der Waals surface area contributed by atoms with Crippen LogP contribution in [0.25, 0.3) is 0 Å². The third-order valence-corrected chi connectivity index (χ3v) is 5.61. The van der Waals surface area contributed by atoms with E-state index in [1.165, 1.54) is 63.6 Å². The summed E-state index contributed by atoms with van der Waals surface area (Å²) in [6, 6.07) is 11.6. The third-order valence-electron chi connectivity index (χ3n) is 5.61. The quantitative estimate of drug-likeness (QED) is 0.892. The summed E-state index contributed by atoms with van der Waals surface area (Å²) < 4.78 is 0. The van der Waals surface area contributed by atoms with Gasteiger partial charge in [-0.3, -0.25) is 4.90 Å². The molecule has 2 fully saturated rings. The van der Waals surface area contributed by atoms with Crippen LogP contribution < -0.4 is 5.73 Å². The number of hydrogen-bond acceptors (Lipinski definition) is 2. The highest BCUT2D eigenvalue weighted by molar-refractivity contribution is 5.21. The average Bonchev–Trinajstić information content (AvgIpc) is 3.04. The molecule has 2 aliphatic rings. The Morgan fingerprint density at radius 3 is 2.52 bits per heavy atom. The van der Waals surface area contributed by atoms with Crippen LogP contribution in [0.5, 0.6) is 0 Å². The third kappa shape index (κ3) is 3.87. The molecule has 1 aliphatic heterocycles. The molecule has 0 bridgehead atoms. The van der Waals surface area contributed by atoms with Crippen molar-refractivity contribution in [1.82, 2.24) is 4.90 Å². The summed E-state index contributed by atoms with van der Waals surface area (Å²) in [5.41, 5.74) is 7.62. The van der Waals surface area contributed by atoms with Gasteiger partial charge in [-0.2, -0.15) is 0 Å². The van der Waals surface area contributed by atoms with Crippen LogP contribution in [0.2, 0.25) is 0 Å². The van der Waals surface area contributed by atoms with E-state index in [0.29, 0.717) is 12.0 Å². The molecule has 2 unspecified atom stereocenters. The number of likely N-dealkylation sites (tertiary alicyclic amines) is 1. The molecule has 1 aliphatic carbocycles. The molecular formula is C19H30N2. The highest BCUT2D eigenvalue weighted by Gasteiger charge is 2.30. The van der Waals surface area contributed by atoms with Gasteiger partial charge in [0.05, 0.1) is 0 Å². The Hall–Kier alpha value is -0.860. The molecule has 2 atom stereocenters. The van der Waals surface area contributed by atoms with Gasteiger partial charge in [0, 0.05) is 19.1 Å². The van der Waals surface area contributed by atoms with Crippen LogP contribution >= 0.6 is 0 Å². The maximum atomic E-state index is 6.11. The minimum absolute atomic E-state index is 0.613. The van der Waals surface area contributed by atoms with E-state index in [0.717, 1.165) is 12.5 Å². The van der Waals surface area contributed by atoms with E-state index in [1.54, 1.807) is 0 Å². The molecule has 0 amide bonds. The van der Waals surface area contributed by atoms with Crippen molar-refractivity contribution in [3.05, 3.63) is 35.9 Å². The topological polar surface area (TPSA) is 29.3 Å². The first kappa shape index (κ1) is 15.1. The molecule has 2 N–H and O–H groups in total. The van der Waals surface area contributed by atoms with Gasteiger partial charge in [-0.15, -0.1) is 0 Å². The molecule has 2 nitrogen and oxygen atoms in total. The molecule has 0 aromatic heterocycles. The van der Waals surface area contributed by atoms with Crippen molar-refractivity contribution in [3.63, 3.8) is 0 Å². The van der Waals surface area contributed by atoms with E-state index in [2.05, 4.69) is 35.2 Å². The van der Waals surface area contributed by atoms with Crippen LogP contribution in [0, 0.1) is 5.92 Å². The summed E-state index contributed by atoms with van der Waals surface area (Å²) in [5.74, 6) is 1.65.